The van der Waals surface area contributed by atoms with E-state index < -0.39 is 11.2 Å². The number of amides is 1. The van der Waals surface area contributed by atoms with Gasteiger partial charge in [-0.2, -0.15) is 0 Å². The van der Waals surface area contributed by atoms with Crippen molar-refractivity contribution in [1.29, 1.82) is 0 Å². The van der Waals surface area contributed by atoms with Crippen LogP contribution in [0.1, 0.15) is 26.2 Å². The van der Waals surface area contributed by atoms with Gasteiger partial charge in [0.15, 0.2) is 11.6 Å². The van der Waals surface area contributed by atoms with Gasteiger partial charge in [-0.1, -0.05) is 19.1 Å². The topological polar surface area (TPSA) is 59.6 Å². The fourth-order valence-electron chi connectivity index (χ4n) is 3.00. The van der Waals surface area contributed by atoms with E-state index >= 15 is 0 Å². The van der Waals surface area contributed by atoms with E-state index in [9.17, 15) is 9.18 Å². The van der Waals surface area contributed by atoms with Crippen LogP contribution in [0.4, 0.5) is 4.39 Å². The highest BCUT2D eigenvalue weighted by atomic mass is 19.1. The summed E-state index contributed by atoms with van der Waals surface area (Å²) in [7, 11) is 1.62. The van der Waals surface area contributed by atoms with Crippen molar-refractivity contribution >= 4 is 5.91 Å². The minimum Gasteiger partial charge on any atom is -0.486 e. The first-order chi connectivity index (χ1) is 11.6. The number of rotatable bonds is 8. The van der Waals surface area contributed by atoms with Gasteiger partial charge in [0.2, 0.25) is 5.91 Å². The van der Waals surface area contributed by atoms with E-state index in [0.29, 0.717) is 19.6 Å². The molecule has 134 valence electrons. The van der Waals surface area contributed by atoms with Crippen LogP contribution in [-0.2, 0) is 9.53 Å². The lowest BCUT2D eigenvalue weighted by Crippen LogP contribution is -2.51. The van der Waals surface area contributed by atoms with E-state index in [0.717, 1.165) is 25.9 Å². The SMILES string of the molecule is CCC(CNC(=O)C1(COC)CCNCC1)Oc1ccccc1F. The molecule has 1 aliphatic heterocycles. The summed E-state index contributed by atoms with van der Waals surface area (Å²) in [6, 6.07) is 6.31. The number of halogens is 1. The van der Waals surface area contributed by atoms with Gasteiger partial charge >= 0.3 is 0 Å². The summed E-state index contributed by atoms with van der Waals surface area (Å²) in [6.45, 7) is 4.32. The van der Waals surface area contributed by atoms with Gasteiger partial charge in [0, 0.05) is 7.11 Å². The molecule has 0 spiro atoms. The summed E-state index contributed by atoms with van der Waals surface area (Å²) >= 11 is 0. The summed E-state index contributed by atoms with van der Waals surface area (Å²) in [4.78, 5) is 12.7. The van der Waals surface area contributed by atoms with Gasteiger partial charge in [-0.3, -0.25) is 4.79 Å². The Morgan fingerprint density at radius 3 is 2.71 bits per heavy atom. The summed E-state index contributed by atoms with van der Waals surface area (Å²) < 4.78 is 24.7. The van der Waals surface area contributed by atoms with Crippen molar-refractivity contribution in [2.45, 2.75) is 32.3 Å². The van der Waals surface area contributed by atoms with Crippen molar-refractivity contribution in [2.24, 2.45) is 5.41 Å². The monoisotopic (exact) mass is 338 g/mol. The van der Waals surface area contributed by atoms with Gasteiger partial charge in [0.25, 0.3) is 0 Å². The molecular formula is C18H27FN2O3. The van der Waals surface area contributed by atoms with Crippen molar-refractivity contribution in [3.05, 3.63) is 30.1 Å². The molecule has 0 aliphatic carbocycles. The lowest BCUT2D eigenvalue weighted by molar-refractivity contribution is -0.136. The van der Waals surface area contributed by atoms with E-state index in [4.69, 9.17) is 9.47 Å². The summed E-state index contributed by atoms with van der Waals surface area (Å²) in [6.07, 6.45) is 1.90. The highest BCUT2D eigenvalue weighted by molar-refractivity contribution is 5.83. The number of carbonyl (C=O) groups is 1. The maximum Gasteiger partial charge on any atom is 0.228 e. The summed E-state index contributed by atoms with van der Waals surface area (Å²) in [5, 5.41) is 6.24. The second-order valence-corrected chi connectivity index (χ2v) is 6.25. The number of carbonyl (C=O) groups excluding carboxylic acids is 1. The molecule has 0 radical (unpaired) electrons. The Labute approximate surface area is 142 Å². The average Bonchev–Trinajstić information content (AvgIpc) is 2.61. The summed E-state index contributed by atoms with van der Waals surface area (Å²) in [5.41, 5.74) is -0.490. The molecule has 5 nitrogen and oxygen atoms in total. The number of nitrogens with one attached hydrogen (secondary N) is 2. The van der Waals surface area contributed by atoms with Crippen molar-refractivity contribution in [1.82, 2.24) is 10.6 Å². The van der Waals surface area contributed by atoms with Crippen molar-refractivity contribution in [3.63, 3.8) is 0 Å². The lowest BCUT2D eigenvalue weighted by atomic mass is 9.78. The molecule has 1 atom stereocenters. The smallest absolute Gasteiger partial charge is 0.228 e. The van der Waals surface area contributed by atoms with Gasteiger partial charge in [-0.25, -0.2) is 4.39 Å². The van der Waals surface area contributed by atoms with Gasteiger partial charge < -0.3 is 20.1 Å². The van der Waals surface area contributed by atoms with Crippen LogP contribution in [0.5, 0.6) is 5.75 Å². The molecule has 1 saturated heterocycles. The molecule has 0 bridgehead atoms. The first-order valence-corrected chi connectivity index (χ1v) is 8.50. The second kappa shape index (κ2) is 8.99. The van der Waals surface area contributed by atoms with E-state index in [1.807, 2.05) is 6.92 Å². The number of piperidine rings is 1. The Bertz CT molecular complexity index is 527. The number of hydrogen-bond donors (Lipinski definition) is 2. The third-order valence-electron chi connectivity index (χ3n) is 4.54. The molecule has 1 fully saturated rings. The molecule has 6 heteroatoms. The number of ether oxygens (including phenoxy) is 2. The Hall–Kier alpha value is -1.66. The molecule has 2 rings (SSSR count). The van der Waals surface area contributed by atoms with Crippen LogP contribution in [0.3, 0.4) is 0 Å². The molecular weight excluding hydrogens is 311 g/mol. The fourth-order valence-corrected chi connectivity index (χ4v) is 3.00. The number of methoxy groups -OCH3 is 1. The predicted molar refractivity (Wildman–Crippen MR) is 90.5 cm³/mol. The largest absolute Gasteiger partial charge is 0.486 e. The summed E-state index contributed by atoms with van der Waals surface area (Å²) in [5.74, 6) is -0.190. The minimum atomic E-state index is -0.490. The molecule has 1 unspecified atom stereocenters. The molecule has 1 amide bonds. The maximum absolute atomic E-state index is 13.7. The predicted octanol–water partition coefficient (Wildman–Crippen LogP) is 2.12. The number of hydrogen-bond acceptors (Lipinski definition) is 4. The zero-order valence-corrected chi connectivity index (χ0v) is 14.4. The van der Waals surface area contributed by atoms with Crippen LogP contribution in [-0.4, -0.2) is 45.4 Å². The minimum absolute atomic E-state index is 0.0126. The van der Waals surface area contributed by atoms with E-state index in [-0.39, 0.29) is 17.8 Å². The Kier molecular flexibility index (Phi) is 6.99. The zero-order chi connectivity index (χ0) is 17.4. The van der Waals surface area contributed by atoms with Gasteiger partial charge in [0.05, 0.1) is 18.6 Å². The second-order valence-electron chi connectivity index (χ2n) is 6.25. The Balaban J connectivity index is 1.93. The Morgan fingerprint density at radius 1 is 1.38 bits per heavy atom. The van der Waals surface area contributed by atoms with Gasteiger partial charge in [0.1, 0.15) is 6.10 Å². The molecule has 1 aromatic rings. The van der Waals surface area contributed by atoms with Crippen molar-refractivity contribution < 1.29 is 18.7 Å². The quantitative estimate of drug-likeness (QED) is 0.762. The molecule has 0 aromatic heterocycles. The van der Waals surface area contributed by atoms with Crippen LogP contribution in [0.15, 0.2) is 24.3 Å². The Morgan fingerprint density at radius 2 is 2.08 bits per heavy atom. The number of para-hydroxylation sites is 1. The molecule has 1 aliphatic rings. The highest BCUT2D eigenvalue weighted by Gasteiger charge is 2.39. The van der Waals surface area contributed by atoms with Crippen molar-refractivity contribution in [3.8, 4) is 5.75 Å². The van der Waals surface area contributed by atoms with E-state index in [1.165, 1.54) is 6.07 Å². The van der Waals surface area contributed by atoms with Crippen LogP contribution < -0.4 is 15.4 Å². The first kappa shape index (κ1) is 18.7. The first-order valence-electron chi connectivity index (χ1n) is 8.50. The molecule has 24 heavy (non-hydrogen) atoms. The lowest BCUT2D eigenvalue weighted by Gasteiger charge is -2.35. The van der Waals surface area contributed by atoms with Crippen LogP contribution in [0, 0.1) is 11.2 Å². The normalized spacial score (nSPS) is 18.0. The van der Waals surface area contributed by atoms with E-state index in [2.05, 4.69) is 10.6 Å². The van der Waals surface area contributed by atoms with Crippen LogP contribution >= 0.6 is 0 Å². The van der Waals surface area contributed by atoms with Gasteiger partial charge in [-0.05, 0) is 44.5 Å². The van der Waals surface area contributed by atoms with Crippen LogP contribution in [0.25, 0.3) is 0 Å². The third kappa shape index (κ3) is 4.68. The molecule has 1 heterocycles. The maximum atomic E-state index is 13.7. The highest BCUT2D eigenvalue weighted by Crippen LogP contribution is 2.29. The third-order valence-corrected chi connectivity index (χ3v) is 4.54. The molecule has 1 aromatic carbocycles. The number of benzene rings is 1. The fraction of sp³-hybridized carbons (Fsp3) is 0.611. The zero-order valence-electron chi connectivity index (χ0n) is 14.4. The molecule has 0 saturated carbocycles. The average molecular weight is 338 g/mol. The van der Waals surface area contributed by atoms with Crippen molar-refractivity contribution in [2.75, 3.05) is 33.4 Å². The van der Waals surface area contributed by atoms with Gasteiger partial charge in [-0.15, -0.1) is 0 Å². The standard InChI is InChI=1S/C18H27FN2O3/c1-3-14(24-16-7-5-4-6-15(16)19)12-21-17(22)18(13-23-2)8-10-20-11-9-18/h4-7,14,20H,3,8-13H2,1-2H3,(H,21,22). The van der Waals surface area contributed by atoms with Crippen LogP contribution in [0.2, 0.25) is 0 Å². The van der Waals surface area contributed by atoms with E-state index in [1.54, 1.807) is 25.3 Å². The molecule has 2 N–H and O–H groups in total.